The zero-order chi connectivity index (χ0) is 21.2. The van der Waals surface area contributed by atoms with Gasteiger partial charge < -0.3 is 14.6 Å². The number of hydrogen-bond donors (Lipinski definition) is 1. The fourth-order valence-electron chi connectivity index (χ4n) is 5.33. The van der Waals surface area contributed by atoms with E-state index in [4.69, 9.17) is 4.74 Å². The number of piperazine rings is 1. The Labute approximate surface area is 185 Å². The molecule has 0 unspecified atom stereocenters. The van der Waals surface area contributed by atoms with Crippen LogP contribution in [0.5, 0.6) is 5.75 Å². The lowest BCUT2D eigenvalue weighted by Crippen LogP contribution is -2.55. The summed E-state index contributed by atoms with van der Waals surface area (Å²) in [7, 11) is 1.72. The molecule has 1 N–H and O–H groups in total. The first-order valence-electron chi connectivity index (χ1n) is 11.6. The van der Waals surface area contributed by atoms with Crippen LogP contribution in [0.3, 0.4) is 0 Å². The highest BCUT2D eigenvalue weighted by atomic mass is 16.5. The van der Waals surface area contributed by atoms with Gasteiger partial charge in [-0.15, -0.1) is 0 Å². The summed E-state index contributed by atoms with van der Waals surface area (Å²) >= 11 is 0. The normalized spacial score (nSPS) is 21.0. The molecular weight excluding hydrogens is 384 g/mol. The standard InChI is InChI=1S/C26H34N4O/c1-20-24-7-3-4-8-25(24)27-26(20)19-28-13-5-6-22(18-28)30-16-14-29(15-17-30)21-9-11-23(31-2)12-10-21/h3-4,7-12,22,27H,5-6,13-19H2,1-2H3/t22-/m1/s1. The van der Waals surface area contributed by atoms with E-state index in [0.717, 1.165) is 38.5 Å². The summed E-state index contributed by atoms with van der Waals surface area (Å²) in [4.78, 5) is 11.6. The molecule has 2 saturated heterocycles. The third-order valence-corrected chi connectivity index (χ3v) is 7.20. The topological polar surface area (TPSA) is 34.7 Å². The molecule has 0 aliphatic carbocycles. The zero-order valence-electron chi connectivity index (χ0n) is 18.8. The van der Waals surface area contributed by atoms with E-state index in [2.05, 4.69) is 75.1 Å². The Bertz CT molecular complexity index is 1000. The molecule has 2 fully saturated rings. The summed E-state index contributed by atoms with van der Waals surface area (Å²) in [5.41, 5.74) is 5.36. The summed E-state index contributed by atoms with van der Waals surface area (Å²) in [5, 5.41) is 1.36. The number of fused-ring (bicyclic) bond motifs is 1. The van der Waals surface area contributed by atoms with Crippen LogP contribution >= 0.6 is 0 Å². The van der Waals surface area contributed by atoms with E-state index in [1.54, 1.807) is 7.11 Å². The molecule has 2 aliphatic heterocycles. The Balaban J connectivity index is 1.18. The summed E-state index contributed by atoms with van der Waals surface area (Å²) in [6.45, 7) is 10.2. The average molecular weight is 419 g/mol. The van der Waals surface area contributed by atoms with E-state index in [0.29, 0.717) is 6.04 Å². The minimum absolute atomic E-state index is 0.677. The van der Waals surface area contributed by atoms with E-state index in [9.17, 15) is 0 Å². The first kappa shape index (κ1) is 20.4. The zero-order valence-corrected chi connectivity index (χ0v) is 18.8. The lowest BCUT2D eigenvalue weighted by atomic mass is 10.0. The summed E-state index contributed by atoms with van der Waals surface area (Å²) < 4.78 is 5.30. The van der Waals surface area contributed by atoms with Crippen molar-refractivity contribution in [1.82, 2.24) is 14.8 Å². The second kappa shape index (κ2) is 8.93. The number of aromatic nitrogens is 1. The maximum Gasteiger partial charge on any atom is 0.119 e. The number of anilines is 1. The number of aryl methyl sites for hydroxylation is 1. The number of rotatable bonds is 5. The molecule has 1 aromatic heterocycles. The van der Waals surface area contributed by atoms with Gasteiger partial charge in [-0.25, -0.2) is 0 Å². The van der Waals surface area contributed by atoms with Crippen LogP contribution in [0.25, 0.3) is 10.9 Å². The van der Waals surface area contributed by atoms with Gasteiger partial charge >= 0.3 is 0 Å². The molecule has 1 atom stereocenters. The minimum atomic E-state index is 0.677. The maximum atomic E-state index is 5.30. The van der Waals surface area contributed by atoms with Crippen LogP contribution in [0.15, 0.2) is 48.5 Å². The maximum absolute atomic E-state index is 5.30. The van der Waals surface area contributed by atoms with E-state index >= 15 is 0 Å². The van der Waals surface area contributed by atoms with Crippen molar-refractivity contribution in [2.45, 2.75) is 32.4 Å². The summed E-state index contributed by atoms with van der Waals surface area (Å²) in [6, 6.07) is 17.8. The number of likely N-dealkylation sites (tertiary alicyclic amines) is 1. The third kappa shape index (κ3) is 4.30. The van der Waals surface area contributed by atoms with Gasteiger partial charge in [-0.2, -0.15) is 0 Å². The van der Waals surface area contributed by atoms with Crippen molar-refractivity contribution in [1.29, 1.82) is 0 Å². The molecular formula is C26H34N4O. The monoisotopic (exact) mass is 418 g/mol. The first-order chi connectivity index (χ1) is 15.2. The number of nitrogens with zero attached hydrogens (tertiary/aromatic N) is 3. The van der Waals surface area contributed by atoms with Gasteiger partial charge in [-0.1, -0.05) is 18.2 Å². The fourth-order valence-corrected chi connectivity index (χ4v) is 5.33. The van der Waals surface area contributed by atoms with Crippen molar-refractivity contribution in [3.05, 3.63) is 59.8 Å². The highest BCUT2D eigenvalue weighted by Crippen LogP contribution is 2.26. The molecule has 3 heterocycles. The fraction of sp³-hybridized carbons (Fsp3) is 0.462. The molecule has 0 amide bonds. The number of hydrogen-bond acceptors (Lipinski definition) is 4. The molecule has 2 aliphatic rings. The lowest BCUT2D eigenvalue weighted by molar-refractivity contribution is 0.0881. The molecule has 0 saturated carbocycles. The van der Waals surface area contributed by atoms with Crippen LogP contribution in [-0.2, 0) is 6.54 Å². The van der Waals surface area contributed by atoms with Gasteiger partial charge in [0, 0.05) is 67.6 Å². The van der Waals surface area contributed by atoms with E-state index in [1.807, 2.05) is 0 Å². The van der Waals surface area contributed by atoms with Crippen LogP contribution in [0.1, 0.15) is 24.1 Å². The quantitative estimate of drug-likeness (QED) is 0.671. The van der Waals surface area contributed by atoms with Crippen molar-refractivity contribution in [3.63, 3.8) is 0 Å². The van der Waals surface area contributed by atoms with Crippen molar-refractivity contribution in [3.8, 4) is 5.75 Å². The smallest absolute Gasteiger partial charge is 0.119 e. The predicted octanol–water partition coefficient (Wildman–Crippen LogP) is 4.27. The van der Waals surface area contributed by atoms with Gasteiger partial charge in [0.15, 0.2) is 0 Å². The Morgan fingerprint density at radius 2 is 1.74 bits per heavy atom. The van der Waals surface area contributed by atoms with Crippen LogP contribution in [0.2, 0.25) is 0 Å². The first-order valence-corrected chi connectivity index (χ1v) is 11.6. The molecule has 0 spiro atoms. The largest absolute Gasteiger partial charge is 0.497 e. The average Bonchev–Trinajstić information content (AvgIpc) is 3.15. The lowest BCUT2D eigenvalue weighted by Gasteiger charge is -2.44. The Kier molecular flexibility index (Phi) is 5.88. The minimum Gasteiger partial charge on any atom is -0.497 e. The number of aromatic amines is 1. The van der Waals surface area contributed by atoms with Crippen LogP contribution in [0, 0.1) is 6.92 Å². The van der Waals surface area contributed by atoms with Crippen LogP contribution in [-0.4, -0.2) is 67.2 Å². The van der Waals surface area contributed by atoms with Gasteiger partial charge in [0.2, 0.25) is 0 Å². The molecule has 5 heteroatoms. The predicted molar refractivity (Wildman–Crippen MR) is 128 cm³/mol. The van der Waals surface area contributed by atoms with E-state index in [-0.39, 0.29) is 0 Å². The number of methoxy groups -OCH3 is 1. The molecule has 0 radical (unpaired) electrons. The van der Waals surface area contributed by atoms with Gasteiger partial charge in [0.25, 0.3) is 0 Å². The molecule has 164 valence electrons. The van der Waals surface area contributed by atoms with Crippen molar-refractivity contribution in [2.75, 3.05) is 51.3 Å². The number of piperidine rings is 1. The van der Waals surface area contributed by atoms with E-state index < -0.39 is 0 Å². The molecule has 5 rings (SSSR count). The van der Waals surface area contributed by atoms with Crippen LogP contribution in [0.4, 0.5) is 5.69 Å². The number of nitrogens with one attached hydrogen (secondary N) is 1. The summed E-state index contributed by atoms with van der Waals surface area (Å²) in [5.74, 6) is 0.926. The molecule has 31 heavy (non-hydrogen) atoms. The summed E-state index contributed by atoms with van der Waals surface area (Å²) in [6.07, 6.45) is 2.62. The number of ether oxygens (including phenoxy) is 1. The molecule has 5 nitrogen and oxygen atoms in total. The number of H-pyrrole nitrogens is 1. The number of benzene rings is 2. The highest BCUT2D eigenvalue weighted by molar-refractivity contribution is 5.84. The van der Waals surface area contributed by atoms with E-state index in [1.165, 1.54) is 53.8 Å². The molecule has 3 aromatic rings. The Morgan fingerprint density at radius 3 is 2.48 bits per heavy atom. The number of para-hydroxylation sites is 1. The van der Waals surface area contributed by atoms with Crippen LogP contribution < -0.4 is 9.64 Å². The highest BCUT2D eigenvalue weighted by Gasteiger charge is 2.28. The Morgan fingerprint density at radius 1 is 0.968 bits per heavy atom. The van der Waals surface area contributed by atoms with Crippen molar-refractivity contribution < 1.29 is 4.74 Å². The SMILES string of the molecule is COc1ccc(N2CCN([C@@H]3CCCN(Cc4[nH]c5ccccc5c4C)C3)CC2)cc1. The molecule has 2 aromatic carbocycles. The van der Waals surface area contributed by atoms with Gasteiger partial charge in [0.05, 0.1) is 7.11 Å². The third-order valence-electron chi connectivity index (χ3n) is 7.20. The van der Waals surface area contributed by atoms with Crippen molar-refractivity contribution >= 4 is 16.6 Å². The van der Waals surface area contributed by atoms with Crippen molar-refractivity contribution in [2.24, 2.45) is 0 Å². The van der Waals surface area contributed by atoms with Gasteiger partial charge in [-0.3, -0.25) is 9.80 Å². The molecule has 0 bridgehead atoms. The Hall–Kier alpha value is -2.50. The second-order valence-electron chi connectivity index (χ2n) is 9.03. The van der Waals surface area contributed by atoms with Gasteiger partial charge in [-0.05, 0) is 62.2 Å². The second-order valence-corrected chi connectivity index (χ2v) is 9.03. The van der Waals surface area contributed by atoms with Gasteiger partial charge in [0.1, 0.15) is 5.75 Å².